The molecule has 1 aromatic carbocycles. The first-order chi connectivity index (χ1) is 8.61. The van der Waals surface area contributed by atoms with Crippen LogP contribution in [0, 0.1) is 0 Å². The highest BCUT2D eigenvalue weighted by atomic mass is 16.5. The van der Waals surface area contributed by atoms with Gasteiger partial charge in [-0.25, -0.2) is 0 Å². The average Bonchev–Trinajstić information content (AvgIpc) is 2.46. The number of para-hydroxylation sites is 1. The van der Waals surface area contributed by atoms with Gasteiger partial charge in [0.1, 0.15) is 12.4 Å². The molecule has 1 heterocycles. The van der Waals surface area contributed by atoms with E-state index in [1.54, 1.807) is 0 Å². The zero-order valence-electron chi connectivity index (χ0n) is 11.4. The Morgan fingerprint density at radius 3 is 2.67 bits per heavy atom. The number of fused-ring (bicyclic) bond motifs is 1. The maximum atomic E-state index is 5.92. The van der Waals surface area contributed by atoms with Gasteiger partial charge in [-0.2, -0.15) is 0 Å². The predicted octanol–water partition coefficient (Wildman–Crippen LogP) is 4.42. The fourth-order valence-corrected chi connectivity index (χ4v) is 2.61. The number of ether oxygens (including phenoxy) is 1. The van der Waals surface area contributed by atoms with Crippen molar-refractivity contribution in [1.29, 1.82) is 0 Å². The summed E-state index contributed by atoms with van der Waals surface area (Å²) in [6.45, 7) is 11.1. The van der Waals surface area contributed by atoms with Gasteiger partial charge in [-0.1, -0.05) is 56.9 Å². The standard InChI is InChI=1S/C17H20O/c1-5-9-13-12-18-16-11-8-7-10-15(16)17(3,4)14(13)6-2/h5-11H,2,12H2,1,3-4H3/b9-5-. The van der Waals surface area contributed by atoms with E-state index < -0.39 is 0 Å². The summed E-state index contributed by atoms with van der Waals surface area (Å²) >= 11 is 0. The second-order valence-electron chi connectivity index (χ2n) is 5.05. The topological polar surface area (TPSA) is 9.23 Å². The van der Waals surface area contributed by atoms with Gasteiger partial charge in [0, 0.05) is 11.0 Å². The molecule has 94 valence electrons. The minimum atomic E-state index is -0.0797. The van der Waals surface area contributed by atoms with Crippen molar-refractivity contribution >= 4 is 0 Å². The fourth-order valence-electron chi connectivity index (χ4n) is 2.61. The third kappa shape index (κ3) is 2.01. The normalized spacial score (nSPS) is 18.2. The van der Waals surface area contributed by atoms with Gasteiger partial charge in [0.2, 0.25) is 0 Å². The first-order valence-electron chi connectivity index (χ1n) is 6.32. The van der Waals surface area contributed by atoms with Gasteiger partial charge in [-0.15, -0.1) is 0 Å². The molecule has 0 radical (unpaired) electrons. The Balaban J connectivity index is 2.65. The van der Waals surface area contributed by atoms with Crippen LogP contribution in [0.4, 0.5) is 0 Å². The Morgan fingerprint density at radius 2 is 2.00 bits per heavy atom. The number of hydrogen-bond acceptors (Lipinski definition) is 1. The van der Waals surface area contributed by atoms with Crippen molar-refractivity contribution in [3.8, 4) is 5.75 Å². The molecule has 0 fully saturated rings. The molecule has 0 unspecified atom stereocenters. The van der Waals surface area contributed by atoms with Gasteiger partial charge in [0.25, 0.3) is 0 Å². The van der Waals surface area contributed by atoms with Crippen LogP contribution >= 0.6 is 0 Å². The minimum Gasteiger partial charge on any atom is -0.489 e. The largest absolute Gasteiger partial charge is 0.489 e. The van der Waals surface area contributed by atoms with E-state index in [-0.39, 0.29) is 5.41 Å². The highest BCUT2D eigenvalue weighted by Crippen LogP contribution is 2.41. The SMILES string of the molecule is C=CC1=C(/C=C\C)COc2ccccc2C1(C)C. The van der Waals surface area contributed by atoms with E-state index in [1.807, 2.05) is 31.2 Å². The quantitative estimate of drug-likeness (QED) is 0.743. The predicted molar refractivity (Wildman–Crippen MR) is 77.0 cm³/mol. The molecule has 1 heteroatoms. The first kappa shape index (κ1) is 12.7. The first-order valence-corrected chi connectivity index (χ1v) is 6.32. The van der Waals surface area contributed by atoms with Gasteiger partial charge in [0.15, 0.2) is 0 Å². The zero-order valence-corrected chi connectivity index (χ0v) is 11.4. The van der Waals surface area contributed by atoms with Crippen molar-refractivity contribution in [3.63, 3.8) is 0 Å². The van der Waals surface area contributed by atoms with Crippen LogP contribution < -0.4 is 4.74 Å². The van der Waals surface area contributed by atoms with E-state index in [0.717, 1.165) is 5.75 Å². The van der Waals surface area contributed by atoms with Crippen molar-refractivity contribution < 1.29 is 4.74 Å². The molecule has 0 bridgehead atoms. The fraction of sp³-hybridized carbons (Fsp3) is 0.294. The van der Waals surface area contributed by atoms with E-state index in [4.69, 9.17) is 4.74 Å². The summed E-state index contributed by atoms with van der Waals surface area (Å²) < 4.78 is 5.92. The van der Waals surface area contributed by atoms with Crippen molar-refractivity contribution in [2.24, 2.45) is 0 Å². The second-order valence-corrected chi connectivity index (χ2v) is 5.05. The summed E-state index contributed by atoms with van der Waals surface area (Å²) in [7, 11) is 0. The van der Waals surface area contributed by atoms with Gasteiger partial charge in [-0.05, 0) is 24.1 Å². The molecule has 0 amide bonds. The molecule has 0 spiro atoms. The average molecular weight is 240 g/mol. The Bertz CT molecular complexity index is 518. The molecular formula is C17H20O. The van der Waals surface area contributed by atoms with Crippen molar-refractivity contribution in [2.45, 2.75) is 26.2 Å². The lowest BCUT2D eigenvalue weighted by Crippen LogP contribution is -2.19. The van der Waals surface area contributed by atoms with E-state index >= 15 is 0 Å². The van der Waals surface area contributed by atoms with Crippen LogP contribution in [-0.2, 0) is 5.41 Å². The number of rotatable bonds is 2. The maximum Gasteiger partial charge on any atom is 0.123 e. The van der Waals surface area contributed by atoms with Gasteiger partial charge in [0.05, 0.1) is 0 Å². The summed E-state index contributed by atoms with van der Waals surface area (Å²) in [6, 6.07) is 8.25. The Labute approximate surface area is 109 Å². The Morgan fingerprint density at radius 1 is 1.28 bits per heavy atom. The van der Waals surface area contributed by atoms with Crippen LogP contribution in [0.2, 0.25) is 0 Å². The number of benzene rings is 1. The molecule has 1 aliphatic heterocycles. The molecule has 0 aliphatic carbocycles. The monoisotopic (exact) mass is 240 g/mol. The van der Waals surface area contributed by atoms with Crippen LogP contribution in [0.5, 0.6) is 5.75 Å². The lowest BCUT2D eigenvalue weighted by molar-refractivity contribution is 0.354. The van der Waals surface area contributed by atoms with Crippen molar-refractivity contribution in [1.82, 2.24) is 0 Å². The van der Waals surface area contributed by atoms with Crippen LogP contribution in [-0.4, -0.2) is 6.61 Å². The molecule has 1 aliphatic rings. The maximum absolute atomic E-state index is 5.92. The molecule has 0 saturated heterocycles. The lowest BCUT2D eigenvalue weighted by atomic mass is 9.75. The Hall–Kier alpha value is -1.76. The Kier molecular flexibility index (Phi) is 3.42. The highest BCUT2D eigenvalue weighted by Gasteiger charge is 2.31. The van der Waals surface area contributed by atoms with Crippen LogP contribution in [0.1, 0.15) is 26.3 Å². The molecule has 0 atom stereocenters. The van der Waals surface area contributed by atoms with Gasteiger partial charge < -0.3 is 4.74 Å². The zero-order chi connectivity index (χ0) is 13.2. The minimum absolute atomic E-state index is 0.0797. The summed E-state index contributed by atoms with van der Waals surface area (Å²) in [5.41, 5.74) is 3.59. The van der Waals surface area contributed by atoms with Crippen molar-refractivity contribution in [2.75, 3.05) is 6.61 Å². The summed E-state index contributed by atoms with van der Waals surface area (Å²) in [4.78, 5) is 0. The second kappa shape index (κ2) is 4.85. The molecule has 0 N–H and O–H groups in total. The lowest BCUT2D eigenvalue weighted by Gasteiger charge is -2.27. The van der Waals surface area contributed by atoms with Crippen molar-refractivity contribution in [3.05, 3.63) is 65.8 Å². The smallest absolute Gasteiger partial charge is 0.123 e. The van der Waals surface area contributed by atoms with Crippen LogP contribution in [0.15, 0.2) is 60.2 Å². The molecule has 1 aromatic rings. The molecule has 18 heavy (non-hydrogen) atoms. The molecule has 1 nitrogen and oxygen atoms in total. The van der Waals surface area contributed by atoms with E-state index in [1.165, 1.54) is 16.7 Å². The highest BCUT2D eigenvalue weighted by molar-refractivity contribution is 5.52. The van der Waals surface area contributed by atoms with Gasteiger partial charge >= 0.3 is 0 Å². The van der Waals surface area contributed by atoms with E-state index in [2.05, 4.69) is 38.6 Å². The summed E-state index contributed by atoms with van der Waals surface area (Å²) in [5, 5.41) is 0. The molecular weight excluding hydrogens is 220 g/mol. The molecule has 0 saturated carbocycles. The van der Waals surface area contributed by atoms with Crippen LogP contribution in [0.25, 0.3) is 0 Å². The van der Waals surface area contributed by atoms with Gasteiger partial charge in [-0.3, -0.25) is 0 Å². The molecule has 0 aromatic heterocycles. The van der Waals surface area contributed by atoms with Crippen LogP contribution in [0.3, 0.4) is 0 Å². The summed E-state index contributed by atoms with van der Waals surface area (Å²) in [6.07, 6.45) is 6.12. The molecule has 2 rings (SSSR count). The van der Waals surface area contributed by atoms with E-state index in [9.17, 15) is 0 Å². The summed E-state index contributed by atoms with van der Waals surface area (Å²) in [5.74, 6) is 0.973. The number of hydrogen-bond donors (Lipinski definition) is 0. The number of allylic oxidation sites excluding steroid dienone is 3. The third-order valence-electron chi connectivity index (χ3n) is 3.53. The van der Waals surface area contributed by atoms with E-state index in [0.29, 0.717) is 6.61 Å². The third-order valence-corrected chi connectivity index (χ3v) is 3.53.